The minimum atomic E-state index is 0.0269. The van der Waals surface area contributed by atoms with Crippen molar-refractivity contribution in [1.29, 1.82) is 0 Å². The maximum absolute atomic E-state index is 9.19. The molecule has 0 saturated heterocycles. The van der Waals surface area contributed by atoms with Crippen molar-refractivity contribution in [2.24, 2.45) is 0 Å². The quantitative estimate of drug-likeness (QED) is 0.309. The Morgan fingerprint density at radius 1 is 0.690 bits per heavy atom. The lowest BCUT2D eigenvalue weighted by Crippen LogP contribution is -2.29. The number of rotatable bonds is 9. The Kier molecular flexibility index (Phi) is 6.78. The average Bonchev–Trinajstić information content (AvgIpc) is 2.73. The van der Waals surface area contributed by atoms with Gasteiger partial charge in [0.05, 0.1) is 36.0 Å². The lowest BCUT2D eigenvalue weighted by Gasteiger charge is -2.23. The number of para-hydroxylation sites is 1. The van der Waals surface area contributed by atoms with Crippen molar-refractivity contribution < 1.29 is 10.2 Å². The fourth-order valence-corrected chi connectivity index (χ4v) is 3.05. The maximum atomic E-state index is 9.19. The van der Waals surface area contributed by atoms with Crippen molar-refractivity contribution >= 4 is 39.8 Å². The van der Waals surface area contributed by atoms with Gasteiger partial charge >= 0.3 is 0 Å². The molecule has 152 valence electrons. The number of hydrogen-bond donors (Lipinski definition) is 6. The smallest absolute Gasteiger partial charge is 0.0640 e. The molecule has 8 N–H and O–H groups in total. The molecule has 3 aromatic rings. The Balaban J connectivity index is 1.78. The molecule has 0 aliphatic heterocycles. The summed E-state index contributed by atoms with van der Waals surface area (Å²) < 4.78 is 0. The second-order valence-electron chi connectivity index (χ2n) is 6.62. The highest BCUT2D eigenvalue weighted by molar-refractivity contribution is 5.85. The zero-order valence-electron chi connectivity index (χ0n) is 16.2. The molecule has 0 saturated carbocycles. The number of nitrogen functional groups attached to an aromatic ring is 2. The fourth-order valence-electron chi connectivity index (χ4n) is 3.05. The lowest BCUT2D eigenvalue weighted by atomic mass is 10.1. The summed E-state index contributed by atoms with van der Waals surface area (Å²) in [5, 5.41) is 25.0. The molecule has 0 aromatic heterocycles. The Morgan fingerprint density at radius 2 is 1.21 bits per heavy atom. The summed E-state index contributed by atoms with van der Waals surface area (Å²) >= 11 is 0. The first kappa shape index (κ1) is 20.3. The average molecular weight is 393 g/mol. The van der Waals surface area contributed by atoms with Crippen molar-refractivity contribution in [3.05, 3.63) is 66.7 Å². The van der Waals surface area contributed by atoms with Crippen LogP contribution in [0.2, 0.25) is 0 Å². The number of nitrogens with two attached hydrogens (primary N) is 2. The van der Waals surface area contributed by atoms with Crippen molar-refractivity contribution in [2.45, 2.75) is 0 Å². The van der Waals surface area contributed by atoms with Gasteiger partial charge in [0, 0.05) is 30.2 Å². The third kappa shape index (κ3) is 5.31. The molecule has 0 spiro atoms. The number of aliphatic hydroxyl groups is 2. The van der Waals surface area contributed by atoms with E-state index in [4.69, 9.17) is 11.5 Å². The Hall–Kier alpha value is -3.42. The minimum Gasteiger partial charge on any atom is -0.397 e. The van der Waals surface area contributed by atoms with Crippen LogP contribution in [0.3, 0.4) is 0 Å². The van der Waals surface area contributed by atoms with Crippen LogP contribution in [0, 0.1) is 0 Å². The summed E-state index contributed by atoms with van der Waals surface area (Å²) in [6.45, 7) is 0.984. The van der Waals surface area contributed by atoms with Gasteiger partial charge in [-0.1, -0.05) is 18.2 Å². The van der Waals surface area contributed by atoms with Crippen molar-refractivity contribution in [1.82, 2.24) is 0 Å². The van der Waals surface area contributed by atoms with E-state index in [0.717, 1.165) is 28.4 Å². The molecule has 7 nitrogen and oxygen atoms in total. The predicted molar refractivity (Wildman–Crippen MR) is 121 cm³/mol. The van der Waals surface area contributed by atoms with E-state index in [9.17, 15) is 10.2 Å². The first-order chi connectivity index (χ1) is 14.1. The molecule has 29 heavy (non-hydrogen) atoms. The summed E-state index contributed by atoms with van der Waals surface area (Å²) in [7, 11) is 0. The van der Waals surface area contributed by atoms with Crippen LogP contribution in [0.15, 0.2) is 66.7 Å². The van der Waals surface area contributed by atoms with E-state index in [0.29, 0.717) is 24.5 Å². The third-order valence-corrected chi connectivity index (χ3v) is 4.53. The molecule has 0 aliphatic rings. The Morgan fingerprint density at radius 3 is 1.72 bits per heavy atom. The van der Waals surface area contributed by atoms with Crippen LogP contribution in [0.1, 0.15) is 0 Å². The zero-order chi connectivity index (χ0) is 20.6. The standard InChI is InChI=1S/C22H27N5O2/c23-19-14-20(24)22(15-21(19)25-16-4-2-1-3-5-16)26-17-6-8-18(9-7-17)27(10-12-28)11-13-29/h1-9,14-15,25-26,28-29H,10-13,23-24H2. The van der Waals surface area contributed by atoms with E-state index in [1.165, 1.54) is 0 Å². The highest BCUT2D eigenvalue weighted by atomic mass is 16.3. The number of hydrogen-bond acceptors (Lipinski definition) is 7. The number of benzene rings is 3. The zero-order valence-corrected chi connectivity index (χ0v) is 16.2. The van der Waals surface area contributed by atoms with E-state index in [1.54, 1.807) is 6.07 Å². The predicted octanol–water partition coefficient (Wildman–Crippen LogP) is 3.13. The van der Waals surface area contributed by atoms with Crippen molar-refractivity contribution in [2.75, 3.05) is 53.3 Å². The van der Waals surface area contributed by atoms with Gasteiger partial charge in [0.25, 0.3) is 0 Å². The highest BCUT2D eigenvalue weighted by Crippen LogP contribution is 2.33. The van der Waals surface area contributed by atoms with Crippen LogP contribution in [0.25, 0.3) is 0 Å². The van der Waals surface area contributed by atoms with Gasteiger partial charge in [-0.2, -0.15) is 0 Å². The number of anilines is 7. The third-order valence-electron chi connectivity index (χ3n) is 4.53. The first-order valence-electron chi connectivity index (χ1n) is 9.45. The first-order valence-corrected chi connectivity index (χ1v) is 9.45. The van der Waals surface area contributed by atoms with Crippen LogP contribution >= 0.6 is 0 Å². The molecule has 0 amide bonds. The monoisotopic (exact) mass is 393 g/mol. The summed E-state index contributed by atoms with van der Waals surface area (Å²) in [4.78, 5) is 1.92. The van der Waals surface area contributed by atoms with E-state index < -0.39 is 0 Å². The van der Waals surface area contributed by atoms with Gasteiger partial charge in [0.1, 0.15) is 0 Å². The lowest BCUT2D eigenvalue weighted by molar-refractivity contribution is 0.281. The van der Waals surface area contributed by atoms with Crippen LogP contribution in [-0.4, -0.2) is 36.5 Å². The molecule has 0 bridgehead atoms. The summed E-state index contributed by atoms with van der Waals surface area (Å²) in [5.41, 5.74) is 17.6. The van der Waals surface area contributed by atoms with Crippen LogP contribution in [0.5, 0.6) is 0 Å². The Labute approximate surface area is 170 Å². The number of aliphatic hydroxyl groups excluding tert-OH is 2. The topological polar surface area (TPSA) is 120 Å². The maximum Gasteiger partial charge on any atom is 0.0640 e. The Bertz CT molecular complexity index is 910. The van der Waals surface area contributed by atoms with Crippen molar-refractivity contribution in [3.63, 3.8) is 0 Å². The van der Waals surface area contributed by atoms with E-state index in [-0.39, 0.29) is 13.2 Å². The van der Waals surface area contributed by atoms with Gasteiger partial charge in [0.2, 0.25) is 0 Å². The summed E-state index contributed by atoms with van der Waals surface area (Å²) in [5.74, 6) is 0. The molecular formula is C22H27N5O2. The van der Waals surface area contributed by atoms with Crippen LogP contribution in [0.4, 0.5) is 39.8 Å². The summed E-state index contributed by atoms with van der Waals surface area (Å²) in [6, 6.07) is 21.1. The molecule has 0 radical (unpaired) electrons. The van der Waals surface area contributed by atoms with E-state index in [1.807, 2.05) is 65.6 Å². The fraction of sp³-hybridized carbons (Fsp3) is 0.182. The van der Waals surface area contributed by atoms with Crippen LogP contribution in [-0.2, 0) is 0 Å². The normalized spacial score (nSPS) is 10.6. The second-order valence-corrected chi connectivity index (χ2v) is 6.62. The second kappa shape index (κ2) is 9.68. The molecule has 3 aromatic carbocycles. The molecule has 0 heterocycles. The number of nitrogens with zero attached hydrogens (tertiary/aromatic N) is 1. The van der Waals surface area contributed by atoms with Gasteiger partial charge in [-0.25, -0.2) is 0 Å². The highest BCUT2D eigenvalue weighted by Gasteiger charge is 2.09. The molecule has 0 fully saturated rings. The SMILES string of the molecule is Nc1cc(N)c(Nc2ccc(N(CCO)CCO)cc2)cc1Nc1ccccc1. The van der Waals surface area contributed by atoms with E-state index >= 15 is 0 Å². The van der Waals surface area contributed by atoms with Crippen LogP contribution < -0.4 is 27.0 Å². The molecular weight excluding hydrogens is 366 g/mol. The van der Waals surface area contributed by atoms with Crippen molar-refractivity contribution in [3.8, 4) is 0 Å². The molecule has 3 rings (SSSR count). The molecule has 0 unspecified atom stereocenters. The summed E-state index contributed by atoms with van der Waals surface area (Å²) in [6.07, 6.45) is 0. The molecule has 7 heteroatoms. The van der Waals surface area contributed by atoms with Gasteiger partial charge in [-0.3, -0.25) is 0 Å². The minimum absolute atomic E-state index is 0.0269. The van der Waals surface area contributed by atoms with Gasteiger partial charge in [0.15, 0.2) is 0 Å². The molecule has 0 atom stereocenters. The van der Waals surface area contributed by atoms with Gasteiger partial charge < -0.3 is 37.2 Å². The molecule has 0 aliphatic carbocycles. The van der Waals surface area contributed by atoms with Gasteiger partial charge in [-0.15, -0.1) is 0 Å². The number of nitrogens with one attached hydrogen (secondary N) is 2. The van der Waals surface area contributed by atoms with E-state index in [2.05, 4.69) is 10.6 Å². The van der Waals surface area contributed by atoms with Gasteiger partial charge in [-0.05, 0) is 48.5 Å². The largest absolute Gasteiger partial charge is 0.397 e.